The smallest absolute Gasteiger partial charge is 0.350 e. The van der Waals surface area contributed by atoms with Gasteiger partial charge in [0.2, 0.25) is 11.3 Å². The van der Waals surface area contributed by atoms with E-state index in [2.05, 4.69) is 15.2 Å². The van der Waals surface area contributed by atoms with Gasteiger partial charge >= 0.3 is 5.70 Å². The van der Waals surface area contributed by atoms with E-state index in [1.807, 2.05) is 19.1 Å². The number of nitrogens with one attached hydrogen (secondary N) is 1. The zero-order chi connectivity index (χ0) is 22.2. The van der Waals surface area contributed by atoms with Gasteiger partial charge in [0.1, 0.15) is 0 Å². The van der Waals surface area contributed by atoms with E-state index in [-0.39, 0.29) is 31.6 Å². The topological polar surface area (TPSA) is 163 Å². The molecule has 3 atom stereocenters. The van der Waals surface area contributed by atoms with Crippen molar-refractivity contribution < 1.29 is 23.2 Å². The predicted octanol–water partition coefficient (Wildman–Crippen LogP) is -1.09. The largest absolute Gasteiger partial charge is 0.378 e. The van der Waals surface area contributed by atoms with E-state index in [0.717, 1.165) is 24.1 Å². The summed E-state index contributed by atoms with van der Waals surface area (Å²) in [5, 5.41) is 24.5. The number of nitro groups is 1. The number of nitrogens with zero attached hydrogens (tertiary/aromatic N) is 4. The molecule has 13 heteroatoms. The Morgan fingerprint density at radius 1 is 1.53 bits per heavy atom. The molecular formula is C17H26N6O6S. The highest BCUT2D eigenvalue weighted by Crippen LogP contribution is 2.34. The molecule has 3 rings (SSSR count). The molecule has 0 bridgehead atoms. The molecule has 30 heavy (non-hydrogen) atoms. The van der Waals surface area contributed by atoms with Crippen molar-refractivity contribution in [3.8, 4) is 0 Å². The van der Waals surface area contributed by atoms with Crippen molar-refractivity contribution in [2.75, 3.05) is 32.5 Å². The van der Waals surface area contributed by atoms with Crippen molar-refractivity contribution in [1.29, 1.82) is 0 Å². The molecule has 0 aromatic heterocycles. The Balaban J connectivity index is 2.00. The number of aliphatic imine (C=N–C) groups is 1. The van der Waals surface area contributed by atoms with Crippen LogP contribution in [0.4, 0.5) is 0 Å². The molecule has 1 fully saturated rings. The molecule has 0 aliphatic carbocycles. The molecule has 0 amide bonds. The maximum Gasteiger partial charge on any atom is 0.350 e. The molecule has 3 unspecified atom stereocenters. The van der Waals surface area contributed by atoms with Crippen LogP contribution in [0.2, 0.25) is 0 Å². The fourth-order valence-electron chi connectivity index (χ4n) is 3.48. The SMILES string of the molecule is CCOC(O)CN(CC1=CC=C(C)N2CC12)C1=C([N+](=O)[O-])C(N)=NC(S(C)(=O)=O)N1. The Hall–Kier alpha value is -2.64. The van der Waals surface area contributed by atoms with E-state index in [1.54, 1.807) is 6.92 Å². The summed E-state index contributed by atoms with van der Waals surface area (Å²) in [6, 6.07) is 0.168. The van der Waals surface area contributed by atoms with E-state index in [0.29, 0.717) is 0 Å². The average molecular weight is 442 g/mol. The van der Waals surface area contributed by atoms with Crippen molar-refractivity contribution in [1.82, 2.24) is 15.1 Å². The summed E-state index contributed by atoms with van der Waals surface area (Å²) in [5.41, 5.74) is 5.84. The van der Waals surface area contributed by atoms with Crippen LogP contribution in [0.15, 0.2) is 39.9 Å². The lowest BCUT2D eigenvalue weighted by atomic mass is 10.1. The lowest BCUT2D eigenvalue weighted by Gasteiger charge is -2.33. The van der Waals surface area contributed by atoms with E-state index >= 15 is 0 Å². The van der Waals surface area contributed by atoms with Gasteiger partial charge in [-0.15, -0.1) is 0 Å². The van der Waals surface area contributed by atoms with Gasteiger partial charge in [0.05, 0.1) is 17.5 Å². The van der Waals surface area contributed by atoms with Crippen LogP contribution in [-0.2, 0) is 14.6 Å². The van der Waals surface area contributed by atoms with Gasteiger partial charge in [0.15, 0.2) is 21.9 Å². The van der Waals surface area contributed by atoms with Gasteiger partial charge in [0.25, 0.3) is 0 Å². The molecular weight excluding hydrogens is 416 g/mol. The number of amidine groups is 1. The molecule has 4 N–H and O–H groups in total. The van der Waals surface area contributed by atoms with E-state index in [9.17, 15) is 23.6 Å². The van der Waals surface area contributed by atoms with Gasteiger partial charge in [0, 0.05) is 31.6 Å². The molecule has 3 aliphatic rings. The molecule has 3 aliphatic heterocycles. The number of aliphatic hydroxyl groups excluding tert-OH is 1. The Morgan fingerprint density at radius 3 is 2.83 bits per heavy atom. The highest BCUT2D eigenvalue weighted by atomic mass is 32.2. The van der Waals surface area contributed by atoms with Crippen LogP contribution in [0.1, 0.15) is 13.8 Å². The van der Waals surface area contributed by atoms with Crippen molar-refractivity contribution in [3.05, 3.63) is 45.1 Å². The molecule has 12 nitrogen and oxygen atoms in total. The second-order valence-corrected chi connectivity index (χ2v) is 9.41. The van der Waals surface area contributed by atoms with Crippen molar-refractivity contribution in [2.45, 2.75) is 31.7 Å². The lowest BCUT2D eigenvalue weighted by Crippen LogP contribution is -2.50. The summed E-state index contributed by atoms with van der Waals surface area (Å²) >= 11 is 0. The summed E-state index contributed by atoms with van der Waals surface area (Å²) in [7, 11) is -3.74. The first kappa shape index (κ1) is 22.1. The van der Waals surface area contributed by atoms with E-state index in [4.69, 9.17) is 10.5 Å². The van der Waals surface area contributed by atoms with Crippen LogP contribution in [0.25, 0.3) is 0 Å². The van der Waals surface area contributed by atoms with Crippen LogP contribution >= 0.6 is 0 Å². The van der Waals surface area contributed by atoms with Gasteiger partial charge in [-0.2, -0.15) is 0 Å². The molecule has 0 saturated carbocycles. The highest BCUT2D eigenvalue weighted by molar-refractivity contribution is 7.91. The number of rotatable bonds is 9. The zero-order valence-electron chi connectivity index (χ0n) is 17.0. The first-order valence-corrected chi connectivity index (χ1v) is 11.3. The normalized spacial score (nSPS) is 24.3. The first-order valence-electron chi connectivity index (χ1n) is 9.39. The fourth-order valence-corrected chi connectivity index (χ4v) is 4.11. The monoisotopic (exact) mass is 442 g/mol. The number of hydrogen-bond acceptors (Lipinski definition) is 11. The second-order valence-electron chi connectivity index (χ2n) is 7.30. The standard InChI is InChI=1S/C17H26N6O6S/c1-4-29-13(24)9-21(7-11-6-5-10(2)22-8-12(11)22)16-14(23(25)26)15(18)19-17(20-16)30(3,27)28/h5-6,12-13,17,20,24H,4,7-9H2,1-3H3,(H2,18,19). The Labute approximate surface area is 174 Å². The molecule has 166 valence electrons. The quantitative estimate of drug-likeness (QED) is 0.173. The summed E-state index contributed by atoms with van der Waals surface area (Å²) in [4.78, 5) is 18.4. The number of fused-ring (bicyclic) bond motifs is 1. The summed E-state index contributed by atoms with van der Waals surface area (Å²) in [5.74, 6) is -0.623. The molecule has 0 aromatic carbocycles. The third kappa shape index (κ3) is 4.57. The minimum absolute atomic E-state index is 0.124. The Morgan fingerprint density at radius 2 is 2.23 bits per heavy atom. The minimum Gasteiger partial charge on any atom is -0.378 e. The summed E-state index contributed by atoms with van der Waals surface area (Å²) < 4.78 is 29.3. The molecule has 0 aromatic rings. The van der Waals surface area contributed by atoms with Gasteiger partial charge < -0.3 is 30.7 Å². The third-order valence-corrected chi connectivity index (χ3v) is 6.06. The highest BCUT2D eigenvalue weighted by Gasteiger charge is 2.42. The number of ether oxygens (including phenoxy) is 1. The summed E-state index contributed by atoms with van der Waals surface area (Å²) in [6.07, 6.45) is 3.59. The maximum atomic E-state index is 12.1. The van der Waals surface area contributed by atoms with Crippen molar-refractivity contribution in [2.24, 2.45) is 10.7 Å². The minimum atomic E-state index is -3.74. The summed E-state index contributed by atoms with van der Waals surface area (Å²) in [6.45, 7) is 4.84. The predicted molar refractivity (Wildman–Crippen MR) is 109 cm³/mol. The molecule has 0 spiro atoms. The molecule has 3 heterocycles. The molecule has 1 saturated heterocycles. The van der Waals surface area contributed by atoms with Gasteiger partial charge in [-0.05, 0) is 25.5 Å². The lowest BCUT2D eigenvalue weighted by molar-refractivity contribution is -0.418. The van der Waals surface area contributed by atoms with E-state index in [1.165, 1.54) is 4.90 Å². The van der Waals surface area contributed by atoms with Crippen LogP contribution in [0.3, 0.4) is 0 Å². The zero-order valence-corrected chi connectivity index (χ0v) is 17.8. The average Bonchev–Trinajstić information content (AvgIpc) is 3.43. The van der Waals surface area contributed by atoms with Gasteiger partial charge in [-0.3, -0.25) is 10.1 Å². The van der Waals surface area contributed by atoms with Crippen LogP contribution in [0.5, 0.6) is 0 Å². The number of sulfone groups is 1. The van der Waals surface area contributed by atoms with Crippen LogP contribution < -0.4 is 11.1 Å². The number of hydrogen-bond donors (Lipinski definition) is 3. The van der Waals surface area contributed by atoms with E-state index < -0.39 is 38.1 Å². The Kier molecular flexibility index (Phi) is 6.06. The van der Waals surface area contributed by atoms with Gasteiger partial charge in [-0.25, -0.2) is 13.4 Å². The van der Waals surface area contributed by atoms with Crippen LogP contribution in [0, 0.1) is 10.1 Å². The number of nitrogens with two attached hydrogens (primary N) is 1. The fraction of sp³-hybridized carbons (Fsp3) is 0.588. The number of allylic oxidation sites excluding steroid dienone is 3. The second kappa shape index (κ2) is 8.24. The van der Waals surface area contributed by atoms with Gasteiger partial charge in [-0.1, -0.05) is 6.08 Å². The first-order chi connectivity index (χ1) is 14.0. The van der Waals surface area contributed by atoms with Crippen molar-refractivity contribution in [3.63, 3.8) is 0 Å². The third-order valence-electron chi connectivity index (χ3n) is 5.03. The van der Waals surface area contributed by atoms with Crippen LogP contribution in [-0.4, -0.2) is 84.4 Å². The maximum absolute atomic E-state index is 12.1. The molecule has 0 radical (unpaired) electrons. The van der Waals surface area contributed by atoms with Crippen molar-refractivity contribution >= 4 is 15.7 Å². The Bertz CT molecular complexity index is 956. The number of aliphatic hydroxyl groups is 1.